The van der Waals surface area contributed by atoms with Crippen LogP contribution in [-0.4, -0.2) is 45.3 Å². The van der Waals surface area contributed by atoms with Gasteiger partial charge in [-0.15, -0.1) is 0 Å². The molecule has 34 heavy (non-hydrogen) atoms. The fourth-order valence-corrected chi connectivity index (χ4v) is 4.81. The van der Waals surface area contributed by atoms with Gasteiger partial charge in [0.1, 0.15) is 11.9 Å². The van der Waals surface area contributed by atoms with Crippen molar-refractivity contribution >= 4 is 39.3 Å². The Labute approximate surface area is 197 Å². The number of rotatable bonds is 6. The number of H-pyrrole nitrogens is 1. The minimum atomic E-state index is -0.702. The number of nitrogens with two attached hydrogens (primary N) is 2. The number of aromatic amines is 1. The Morgan fingerprint density at radius 1 is 1.18 bits per heavy atom. The van der Waals surface area contributed by atoms with Gasteiger partial charge in [-0.2, -0.15) is 0 Å². The van der Waals surface area contributed by atoms with E-state index >= 15 is 0 Å². The summed E-state index contributed by atoms with van der Waals surface area (Å²) in [6, 6.07) is 14.5. The Bertz CT molecular complexity index is 1360. The zero-order valence-corrected chi connectivity index (χ0v) is 18.8. The Kier molecular flexibility index (Phi) is 5.90. The third-order valence-corrected chi connectivity index (χ3v) is 6.60. The van der Waals surface area contributed by atoms with Crippen molar-refractivity contribution in [3.8, 4) is 0 Å². The minimum Gasteiger partial charge on any atom is -0.383 e. The number of para-hydroxylation sites is 1. The molecule has 8 nitrogen and oxygen atoms in total. The maximum Gasteiger partial charge on any atom is 0.243 e. The van der Waals surface area contributed by atoms with Gasteiger partial charge in [-0.1, -0.05) is 30.3 Å². The molecule has 0 bridgehead atoms. The van der Waals surface area contributed by atoms with E-state index in [1.54, 1.807) is 11.1 Å². The Morgan fingerprint density at radius 2 is 2.03 bits per heavy atom. The maximum absolute atomic E-state index is 13.2. The van der Waals surface area contributed by atoms with E-state index in [1.807, 2.05) is 54.7 Å². The summed E-state index contributed by atoms with van der Waals surface area (Å²) in [6.07, 6.45) is 5.41. The molecule has 0 aliphatic carbocycles. The van der Waals surface area contributed by atoms with Crippen molar-refractivity contribution < 1.29 is 9.59 Å². The summed E-state index contributed by atoms with van der Waals surface area (Å²) in [6.45, 7) is 0.914. The molecule has 3 heterocycles. The van der Waals surface area contributed by atoms with E-state index in [0.717, 1.165) is 39.2 Å². The highest BCUT2D eigenvalue weighted by molar-refractivity contribution is 5.92. The molecule has 2 aromatic heterocycles. The summed E-state index contributed by atoms with van der Waals surface area (Å²) in [5.41, 5.74) is 15.2. The second-order valence-corrected chi connectivity index (χ2v) is 8.83. The first-order valence-electron chi connectivity index (χ1n) is 11.5. The summed E-state index contributed by atoms with van der Waals surface area (Å²) < 4.78 is 0. The lowest BCUT2D eigenvalue weighted by atomic mass is 10.0. The molecular formula is C26H28N6O2. The Balaban J connectivity index is 1.23. The van der Waals surface area contributed by atoms with Gasteiger partial charge in [0.15, 0.2) is 0 Å². The smallest absolute Gasteiger partial charge is 0.243 e. The molecule has 2 amide bonds. The molecule has 174 valence electrons. The molecule has 6 N–H and O–H groups in total. The summed E-state index contributed by atoms with van der Waals surface area (Å²) in [5.74, 6) is 0.147. The van der Waals surface area contributed by atoms with Crippen LogP contribution in [0, 0.1) is 0 Å². The first-order valence-corrected chi connectivity index (χ1v) is 11.5. The van der Waals surface area contributed by atoms with Crippen LogP contribution in [0.4, 0.5) is 5.82 Å². The first kappa shape index (κ1) is 21.9. The number of anilines is 1. The highest BCUT2D eigenvalue weighted by Crippen LogP contribution is 2.23. The average Bonchev–Trinajstić information content (AvgIpc) is 3.50. The molecule has 8 heteroatoms. The summed E-state index contributed by atoms with van der Waals surface area (Å²) in [7, 11) is 0. The lowest BCUT2D eigenvalue weighted by molar-refractivity contribution is -0.139. The van der Waals surface area contributed by atoms with E-state index in [1.165, 1.54) is 0 Å². The summed E-state index contributed by atoms with van der Waals surface area (Å²) in [4.78, 5) is 35.1. The Hall–Kier alpha value is -3.91. The summed E-state index contributed by atoms with van der Waals surface area (Å²) in [5, 5.41) is 5.91. The highest BCUT2D eigenvalue weighted by Gasteiger charge is 2.36. The van der Waals surface area contributed by atoms with Crippen LogP contribution < -0.4 is 16.8 Å². The van der Waals surface area contributed by atoms with Crippen molar-refractivity contribution in [3.63, 3.8) is 0 Å². The van der Waals surface area contributed by atoms with Crippen LogP contribution in [0.25, 0.3) is 21.7 Å². The van der Waals surface area contributed by atoms with Gasteiger partial charge >= 0.3 is 0 Å². The van der Waals surface area contributed by atoms with Crippen LogP contribution in [0.2, 0.25) is 0 Å². The highest BCUT2D eigenvalue weighted by atomic mass is 16.2. The molecule has 0 radical (unpaired) electrons. The molecule has 5 rings (SSSR count). The summed E-state index contributed by atoms with van der Waals surface area (Å²) >= 11 is 0. The molecule has 2 aromatic carbocycles. The lowest BCUT2D eigenvalue weighted by Crippen LogP contribution is -2.51. The molecular weight excluding hydrogens is 428 g/mol. The van der Waals surface area contributed by atoms with Crippen LogP contribution >= 0.6 is 0 Å². The van der Waals surface area contributed by atoms with Gasteiger partial charge in [0.2, 0.25) is 11.8 Å². The SMILES string of the molecule is Nc1nccc2cc(CNC(=O)[C@@H]3CCCN3C(=O)[C@H](N)Cc3c[nH]c4ccccc34)ccc12. The topological polar surface area (TPSA) is 130 Å². The maximum atomic E-state index is 13.2. The van der Waals surface area contributed by atoms with Crippen LogP contribution in [0.15, 0.2) is 60.9 Å². The van der Waals surface area contributed by atoms with Gasteiger partial charge in [0, 0.05) is 41.8 Å². The monoisotopic (exact) mass is 456 g/mol. The molecule has 1 fully saturated rings. The van der Waals surface area contributed by atoms with E-state index in [-0.39, 0.29) is 11.8 Å². The van der Waals surface area contributed by atoms with Crippen molar-refractivity contribution in [2.45, 2.75) is 37.9 Å². The number of nitrogens with zero attached hydrogens (tertiary/aromatic N) is 2. The molecule has 0 unspecified atom stereocenters. The number of likely N-dealkylation sites (tertiary alicyclic amines) is 1. The van der Waals surface area contributed by atoms with Crippen LogP contribution in [0.3, 0.4) is 0 Å². The molecule has 0 saturated carbocycles. The van der Waals surface area contributed by atoms with Crippen molar-refractivity contribution in [1.82, 2.24) is 20.2 Å². The zero-order valence-electron chi connectivity index (χ0n) is 18.8. The molecule has 4 aromatic rings. The third kappa shape index (κ3) is 4.20. The number of pyridine rings is 1. The van der Waals surface area contributed by atoms with Crippen molar-refractivity contribution in [3.05, 3.63) is 72.1 Å². The molecule has 0 spiro atoms. The standard InChI is InChI=1S/C26H28N6O2/c27-21(13-18-15-30-22-5-2-1-4-19(18)22)26(34)32-11-3-6-23(32)25(33)31-14-16-7-8-20-17(12-16)9-10-29-24(20)28/h1-2,4-5,7-10,12,15,21,23,30H,3,6,11,13-14,27H2,(H2,28,29)(H,31,33)/t21-,23+/m1/s1. The van der Waals surface area contributed by atoms with Gasteiger partial charge in [0.25, 0.3) is 0 Å². The predicted octanol–water partition coefficient (Wildman–Crippen LogP) is 2.48. The average molecular weight is 457 g/mol. The third-order valence-electron chi connectivity index (χ3n) is 6.60. The second kappa shape index (κ2) is 9.15. The van der Waals surface area contributed by atoms with Crippen LogP contribution in [0.1, 0.15) is 24.0 Å². The van der Waals surface area contributed by atoms with Crippen LogP contribution in [0.5, 0.6) is 0 Å². The molecule has 1 aliphatic rings. The number of fused-ring (bicyclic) bond motifs is 2. The fraction of sp³-hybridized carbons (Fsp3) is 0.269. The van der Waals surface area contributed by atoms with Gasteiger partial charge < -0.3 is 26.7 Å². The fourth-order valence-electron chi connectivity index (χ4n) is 4.81. The number of aromatic nitrogens is 2. The van der Waals surface area contributed by atoms with Crippen molar-refractivity contribution in [1.29, 1.82) is 0 Å². The quantitative estimate of drug-likeness (QED) is 0.354. The number of amides is 2. The number of carbonyl (C=O) groups excluding carboxylic acids is 2. The van der Waals surface area contributed by atoms with Crippen LogP contribution in [-0.2, 0) is 22.6 Å². The zero-order chi connectivity index (χ0) is 23.7. The number of hydrogen-bond acceptors (Lipinski definition) is 5. The number of nitrogens with one attached hydrogen (secondary N) is 2. The van der Waals surface area contributed by atoms with Gasteiger partial charge in [-0.3, -0.25) is 9.59 Å². The van der Waals surface area contributed by atoms with E-state index in [0.29, 0.717) is 31.7 Å². The number of hydrogen-bond donors (Lipinski definition) is 4. The molecule has 1 saturated heterocycles. The van der Waals surface area contributed by atoms with E-state index in [4.69, 9.17) is 11.5 Å². The predicted molar refractivity (Wildman–Crippen MR) is 133 cm³/mol. The normalized spacial score (nSPS) is 16.7. The Morgan fingerprint density at radius 3 is 2.91 bits per heavy atom. The van der Waals surface area contributed by atoms with E-state index in [9.17, 15) is 9.59 Å². The van der Waals surface area contributed by atoms with Gasteiger partial charge in [0.05, 0.1) is 6.04 Å². The van der Waals surface area contributed by atoms with Gasteiger partial charge in [-0.25, -0.2) is 4.98 Å². The largest absolute Gasteiger partial charge is 0.383 e. The van der Waals surface area contributed by atoms with E-state index in [2.05, 4.69) is 15.3 Å². The molecule has 2 atom stereocenters. The first-order chi connectivity index (χ1) is 16.5. The van der Waals surface area contributed by atoms with Gasteiger partial charge in [-0.05, 0) is 54.0 Å². The number of benzene rings is 2. The van der Waals surface area contributed by atoms with Crippen molar-refractivity contribution in [2.24, 2.45) is 5.73 Å². The van der Waals surface area contributed by atoms with E-state index < -0.39 is 12.1 Å². The number of carbonyl (C=O) groups is 2. The molecule has 1 aliphatic heterocycles. The number of nitrogen functional groups attached to an aromatic ring is 1. The second-order valence-electron chi connectivity index (χ2n) is 8.83. The van der Waals surface area contributed by atoms with Crippen molar-refractivity contribution in [2.75, 3.05) is 12.3 Å². The minimum absolute atomic E-state index is 0.153. The lowest BCUT2D eigenvalue weighted by Gasteiger charge is -2.26.